The van der Waals surface area contributed by atoms with Crippen molar-refractivity contribution in [2.75, 3.05) is 6.61 Å². The summed E-state index contributed by atoms with van der Waals surface area (Å²) in [5.74, 6) is 1.09. The lowest BCUT2D eigenvalue weighted by Crippen LogP contribution is -2.41. The van der Waals surface area contributed by atoms with Crippen molar-refractivity contribution in [3.05, 3.63) is 12.4 Å². The Morgan fingerprint density at radius 3 is 2.82 bits per heavy atom. The molecule has 1 fully saturated rings. The number of rotatable bonds is 4. The minimum absolute atomic E-state index is 0.0631. The third-order valence-electron chi connectivity index (χ3n) is 2.93. The molecule has 0 spiro atoms. The normalized spacial score (nSPS) is 24.4. The van der Waals surface area contributed by atoms with Gasteiger partial charge in [-0.3, -0.25) is 0 Å². The third kappa shape index (κ3) is 3.30. The van der Waals surface area contributed by atoms with Gasteiger partial charge in [0.05, 0.1) is 12.7 Å². The molecule has 1 saturated carbocycles. The second kappa shape index (κ2) is 5.82. The van der Waals surface area contributed by atoms with Crippen LogP contribution in [0.3, 0.4) is 0 Å². The van der Waals surface area contributed by atoms with Crippen LogP contribution in [-0.4, -0.2) is 28.7 Å². The van der Waals surface area contributed by atoms with E-state index in [4.69, 9.17) is 15.2 Å². The molecule has 1 aliphatic carbocycles. The fraction of sp³-hybridized carbons (Fsp3) is 0.667. The number of ether oxygens (including phenoxy) is 2. The highest BCUT2D eigenvalue weighted by Crippen LogP contribution is 2.22. The Balaban J connectivity index is 1.99. The van der Waals surface area contributed by atoms with Crippen molar-refractivity contribution in [1.82, 2.24) is 9.97 Å². The monoisotopic (exact) mass is 237 g/mol. The Morgan fingerprint density at radius 2 is 2.06 bits per heavy atom. The lowest BCUT2D eigenvalue weighted by Gasteiger charge is -2.28. The number of hydrogen-bond acceptors (Lipinski definition) is 5. The van der Waals surface area contributed by atoms with Crippen molar-refractivity contribution < 1.29 is 9.47 Å². The third-order valence-corrected chi connectivity index (χ3v) is 2.93. The van der Waals surface area contributed by atoms with Crippen LogP contribution >= 0.6 is 0 Å². The first-order valence-electron chi connectivity index (χ1n) is 6.16. The summed E-state index contributed by atoms with van der Waals surface area (Å²) in [6, 6.07) is 1.82. The van der Waals surface area contributed by atoms with E-state index in [9.17, 15) is 0 Å². The molecule has 0 saturated heterocycles. The molecule has 1 aliphatic rings. The van der Waals surface area contributed by atoms with Crippen LogP contribution in [0.4, 0.5) is 0 Å². The lowest BCUT2D eigenvalue weighted by atomic mass is 9.93. The summed E-state index contributed by atoms with van der Waals surface area (Å²) < 4.78 is 11.1. The van der Waals surface area contributed by atoms with Gasteiger partial charge < -0.3 is 15.2 Å². The molecule has 5 heteroatoms. The molecule has 0 radical (unpaired) electrons. The summed E-state index contributed by atoms with van der Waals surface area (Å²) in [4.78, 5) is 8.08. The topological polar surface area (TPSA) is 70.3 Å². The molecule has 0 amide bonds. The summed E-state index contributed by atoms with van der Waals surface area (Å²) in [5, 5.41) is 0. The summed E-state index contributed by atoms with van der Waals surface area (Å²) in [6.07, 6.45) is 5.89. The van der Waals surface area contributed by atoms with E-state index in [0.717, 1.165) is 12.8 Å². The first-order valence-corrected chi connectivity index (χ1v) is 6.16. The average molecular weight is 237 g/mol. The predicted octanol–water partition coefficient (Wildman–Crippen LogP) is 1.52. The van der Waals surface area contributed by atoms with Crippen molar-refractivity contribution in [2.24, 2.45) is 5.73 Å². The Morgan fingerprint density at radius 1 is 1.29 bits per heavy atom. The highest BCUT2D eigenvalue weighted by Gasteiger charge is 2.23. The van der Waals surface area contributed by atoms with Gasteiger partial charge in [-0.15, -0.1) is 0 Å². The highest BCUT2D eigenvalue weighted by atomic mass is 16.5. The van der Waals surface area contributed by atoms with Crippen LogP contribution in [-0.2, 0) is 0 Å². The van der Waals surface area contributed by atoms with Crippen molar-refractivity contribution in [3.63, 3.8) is 0 Å². The second-order valence-electron chi connectivity index (χ2n) is 4.23. The molecule has 2 atom stereocenters. The summed E-state index contributed by atoms with van der Waals surface area (Å²) in [7, 11) is 0. The standard InChI is InChI=1S/C12H19N3O2/c1-2-16-11-7-12(15-8-14-11)17-10-6-4-3-5-9(10)13/h7-10H,2-6,13H2,1H3. The van der Waals surface area contributed by atoms with Crippen LogP contribution in [0.25, 0.3) is 0 Å². The van der Waals surface area contributed by atoms with Crippen LogP contribution in [0.1, 0.15) is 32.6 Å². The molecule has 1 heterocycles. The fourth-order valence-electron chi connectivity index (χ4n) is 2.04. The molecule has 0 aromatic carbocycles. The number of aromatic nitrogens is 2. The van der Waals surface area contributed by atoms with Gasteiger partial charge in [-0.05, 0) is 26.2 Å². The highest BCUT2D eigenvalue weighted by molar-refractivity contribution is 5.18. The molecular formula is C12H19N3O2. The van der Waals surface area contributed by atoms with Gasteiger partial charge in [0, 0.05) is 6.04 Å². The van der Waals surface area contributed by atoms with Gasteiger partial charge in [0.15, 0.2) is 0 Å². The minimum atomic E-state index is 0.0631. The maximum Gasteiger partial charge on any atom is 0.220 e. The molecule has 1 aromatic heterocycles. The Bertz CT molecular complexity index is 359. The first-order chi connectivity index (χ1) is 8.29. The number of nitrogens with zero attached hydrogens (tertiary/aromatic N) is 2. The molecule has 2 rings (SSSR count). The van der Waals surface area contributed by atoms with Crippen LogP contribution in [0.2, 0.25) is 0 Å². The summed E-state index contributed by atoms with van der Waals surface area (Å²) in [5.41, 5.74) is 6.02. The smallest absolute Gasteiger partial charge is 0.220 e. The maximum absolute atomic E-state index is 6.02. The Hall–Kier alpha value is -1.36. The quantitative estimate of drug-likeness (QED) is 0.859. The Kier molecular flexibility index (Phi) is 4.14. The van der Waals surface area contributed by atoms with Gasteiger partial charge in [0.25, 0.3) is 0 Å². The van der Waals surface area contributed by atoms with E-state index in [2.05, 4.69) is 9.97 Å². The molecule has 0 aliphatic heterocycles. The fourth-order valence-corrected chi connectivity index (χ4v) is 2.04. The van der Waals surface area contributed by atoms with E-state index in [1.54, 1.807) is 6.07 Å². The van der Waals surface area contributed by atoms with Crippen molar-refractivity contribution in [2.45, 2.75) is 44.8 Å². The van der Waals surface area contributed by atoms with E-state index in [0.29, 0.717) is 18.4 Å². The summed E-state index contributed by atoms with van der Waals surface area (Å²) >= 11 is 0. The van der Waals surface area contributed by atoms with Crippen molar-refractivity contribution in [3.8, 4) is 11.8 Å². The van der Waals surface area contributed by atoms with E-state index in [1.165, 1.54) is 19.2 Å². The zero-order valence-corrected chi connectivity index (χ0v) is 10.1. The molecule has 2 unspecified atom stereocenters. The SMILES string of the molecule is CCOc1cc(OC2CCCCC2N)ncn1. The van der Waals surface area contributed by atoms with E-state index in [-0.39, 0.29) is 12.1 Å². The lowest BCUT2D eigenvalue weighted by molar-refractivity contribution is 0.126. The van der Waals surface area contributed by atoms with Crippen LogP contribution in [0.5, 0.6) is 11.8 Å². The van der Waals surface area contributed by atoms with Crippen molar-refractivity contribution >= 4 is 0 Å². The summed E-state index contributed by atoms with van der Waals surface area (Å²) in [6.45, 7) is 2.50. The van der Waals surface area contributed by atoms with E-state index >= 15 is 0 Å². The number of nitrogens with two attached hydrogens (primary N) is 1. The molecule has 17 heavy (non-hydrogen) atoms. The molecular weight excluding hydrogens is 218 g/mol. The van der Waals surface area contributed by atoms with Crippen LogP contribution in [0, 0.1) is 0 Å². The molecule has 94 valence electrons. The van der Waals surface area contributed by atoms with Gasteiger partial charge in [0.2, 0.25) is 11.8 Å². The van der Waals surface area contributed by atoms with Crippen LogP contribution < -0.4 is 15.2 Å². The van der Waals surface area contributed by atoms with Gasteiger partial charge in [-0.25, -0.2) is 9.97 Å². The largest absolute Gasteiger partial charge is 0.478 e. The molecule has 0 bridgehead atoms. The second-order valence-corrected chi connectivity index (χ2v) is 4.23. The van der Waals surface area contributed by atoms with Gasteiger partial charge >= 0.3 is 0 Å². The van der Waals surface area contributed by atoms with Crippen molar-refractivity contribution in [1.29, 1.82) is 0 Å². The van der Waals surface area contributed by atoms with Gasteiger partial charge in [0.1, 0.15) is 12.4 Å². The zero-order chi connectivity index (χ0) is 12.1. The molecule has 5 nitrogen and oxygen atoms in total. The minimum Gasteiger partial charge on any atom is -0.478 e. The average Bonchev–Trinajstić information content (AvgIpc) is 2.33. The Labute approximate surface area is 101 Å². The first kappa shape index (κ1) is 12.1. The molecule has 2 N–H and O–H groups in total. The number of hydrogen-bond donors (Lipinski definition) is 1. The van der Waals surface area contributed by atoms with E-state index in [1.807, 2.05) is 6.92 Å². The maximum atomic E-state index is 6.02. The molecule has 1 aromatic rings. The van der Waals surface area contributed by atoms with E-state index < -0.39 is 0 Å². The zero-order valence-electron chi connectivity index (χ0n) is 10.1. The van der Waals surface area contributed by atoms with Gasteiger partial charge in [-0.1, -0.05) is 6.42 Å². The van der Waals surface area contributed by atoms with Gasteiger partial charge in [-0.2, -0.15) is 0 Å². The predicted molar refractivity (Wildman–Crippen MR) is 64.1 cm³/mol. The van der Waals surface area contributed by atoms with Crippen LogP contribution in [0.15, 0.2) is 12.4 Å².